The van der Waals surface area contributed by atoms with E-state index in [-0.39, 0.29) is 0 Å². The number of nitrogens with zero attached hydrogens (tertiary/aromatic N) is 5. The van der Waals surface area contributed by atoms with Gasteiger partial charge in [-0.25, -0.2) is 0 Å². The van der Waals surface area contributed by atoms with Crippen LogP contribution in [0.15, 0.2) is 261 Å². The smallest absolute Gasteiger partial charge is 0.0782 e. The summed E-state index contributed by atoms with van der Waals surface area (Å²) in [4.78, 5) is 4.76. The van der Waals surface area contributed by atoms with Gasteiger partial charge < -0.3 is 23.5 Å². The molecule has 0 spiro atoms. The van der Waals surface area contributed by atoms with Gasteiger partial charge in [0.1, 0.15) is 0 Å². The Kier molecular flexibility index (Phi) is 10.2. The lowest BCUT2D eigenvalue weighted by molar-refractivity contribution is 1.14. The van der Waals surface area contributed by atoms with Crippen LogP contribution in [-0.4, -0.2) is 13.7 Å². The summed E-state index contributed by atoms with van der Waals surface area (Å²) in [5, 5.41) is 8.25. The van der Waals surface area contributed by atoms with Crippen LogP contribution in [0, 0.1) is 0 Å². The Balaban J connectivity index is 1.14. The highest BCUT2D eigenvalue weighted by molar-refractivity contribution is 6.31. The number of rotatable bonds is 9. The van der Waals surface area contributed by atoms with E-state index in [1.54, 1.807) is 0 Å². The normalized spacial score (nSPS) is 11.7. The van der Waals surface area contributed by atoms with Gasteiger partial charge in [-0.15, -0.1) is 0 Å². The van der Waals surface area contributed by atoms with E-state index in [2.05, 4.69) is 260 Å². The van der Waals surface area contributed by atoms with Gasteiger partial charge in [-0.1, -0.05) is 169 Å². The van der Waals surface area contributed by atoms with Crippen LogP contribution in [-0.2, 0) is 0 Å². The zero-order chi connectivity index (χ0) is 48.6. The molecule has 346 valence electrons. The Labute approximate surface area is 431 Å². The van der Waals surface area contributed by atoms with Crippen molar-refractivity contribution in [3.8, 4) is 17.1 Å². The van der Waals surface area contributed by atoms with E-state index in [0.29, 0.717) is 10.0 Å². The van der Waals surface area contributed by atoms with Gasteiger partial charge in [-0.05, 0) is 115 Å². The van der Waals surface area contributed by atoms with E-state index in [4.69, 9.17) is 23.2 Å². The average molecular weight is 977 g/mol. The van der Waals surface area contributed by atoms with Crippen LogP contribution in [0.4, 0.5) is 34.1 Å². The first-order valence-electron chi connectivity index (χ1n) is 24.5. The van der Waals surface area contributed by atoms with Crippen molar-refractivity contribution in [3.05, 3.63) is 271 Å². The summed E-state index contributed by atoms with van der Waals surface area (Å²) in [6, 6.07) is 92.8. The Morgan fingerprint density at radius 2 is 0.589 bits per heavy atom. The monoisotopic (exact) mass is 975 g/mol. The molecule has 0 amide bonds. The largest absolute Gasteiger partial charge is 0.309 e. The molecule has 0 bridgehead atoms. The molecule has 0 atom stereocenters. The predicted molar refractivity (Wildman–Crippen MR) is 309 cm³/mol. The number of halogens is 2. The fourth-order valence-electron chi connectivity index (χ4n) is 11.3. The fraction of sp³-hybridized carbons (Fsp3) is 0. The summed E-state index contributed by atoms with van der Waals surface area (Å²) in [5.41, 5.74) is 15.4. The van der Waals surface area contributed by atoms with Crippen molar-refractivity contribution in [1.29, 1.82) is 0 Å². The topological polar surface area (TPSA) is 21.3 Å². The Morgan fingerprint density at radius 1 is 0.247 bits per heavy atom. The molecule has 0 radical (unpaired) electrons. The first-order valence-corrected chi connectivity index (χ1v) is 25.2. The van der Waals surface area contributed by atoms with Gasteiger partial charge >= 0.3 is 0 Å². The van der Waals surface area contributed by atoms with Crippen LogP contribution in [0.2, 0.25) is 10.0 Å². The minimum atomic E-state index is 0.637. The molecule has 0 unspecified atom stereocenters. The number of hydrogen-bond acceptors (Lipinski definition) is 2. The summed E-state index contributed by atoms with van der Waals surface area (Å²) in [6.07, 6.45) is 0. The average Bonchev–Trinajstić information content (AvgIpc) is 4.09. The van der Waals surface area contributed by atoms with Crippen molar-refractivity contribution in [2.45, 2.75) is 0 Å². The molecule has 7 heteroatoms. The van der Waals surface area contributed by atoms with Crippen molar-refractivity contribution in [1.82, 2.24) is 13.7 Å². The van der Waals surface area contributed by atoms with E-state index in [1.807, 2.05) is 24.3 Å². The third-order valence-electron chi connectivity index (χ3n) is 14.2. The van der Waals surface area contributed by atoms with Gasteiger partial charge in [0.05, 0.1) is 61.5 Å². The zero-order valence-electron chi connectivity index (χ0n) is 39.3. The second kappa shape index (κ2) is 17.4. The molecule has 0 saturated carbocycles. The second-order valence-corrected chi connectivity index (χ2v) is 19.3. The molecular formula is C66H43Cl2N5. The van der Waals surface area contributed by atoms with Crippen LogP contribution < -0.4 is 9.80 Å². The van der Waals surface area contributed by atoms with Gasteiger partial charge in [0.25, 0.3) is 0 Å². The fourth-order valence-corrected chi connectivity index (χ4v) is 11.7. The van der Waals surface area contributed by atoms with Gasteiger partial charge in [-0.2, -0.15) is 0 Å². The number of aromatic nitrogens is 3. The number of hydrogen-bond donors (Lipinski definition) is 0. The van der Waals surface area contributed by atoms with E-state index in [0.717, 1.165) is 95.1 Å². The van der Waals surface area contributed by atoms with Crippen LogP contribution in [0.3, 0.4) is 0 Å². The SMILES string of the molecule is Clc1cccc(N(c2cc(N(c3cccc(Cl)c3)c3cccc4c5ccccc5n(-c5ccccc5)c34)cc(-n3c4ccccc4c4ccccc43)c2)c2cccc3c4ccccc4n(-c4ccccc4)c23)c1. The molecule has 3 aromatic heterocycles. The third kappa shape index (κ3) is 7.00. The number of para-hydroxylation sites is 8. The molecule has 0 aliphatic rings. The first-order chi connectivity index (χ1) is 36.1. The lowest BCUT2D eigenvalue weighted by Crippen LogP contribution is -2.16. The molecule has 0 fully saturated rings. The first kappa shape index (κ1) is 42.8. The van der Waals surface area contributed by atoms with E-state index < -0.39 is 0 Å². The second-order valence-electron chi connectivity index (χ2n) is 18.4. The number of fused-ring (bicyclic) bond motifs is 9. The molecule has 0 N–H and O–H groups in total. The van der Waals surface area contributed by atoms with Crippen LogP contribution >= 0.6 is 23.2 Å². The zero-order valence-corrected chi connectivity index (χ0v) is 40.8. The van der Waals surface area contributed by atoms with E-state index in [1.165, 1.54) is 21.5 Å². The third-order valence-corrected chi connectivity index (χ3v) is 14.7. The lowest BCUT2D eigenvalue weighted by Gasteiger charge is -2.31. The van der Waals surface area contributed by atoms with Crippen molar-refractivity contribution in [2.75, 3.05) is 9.80 Å². The summed E-state index contributed by atoms with van der Waals surface area (Å²) >= 11 is 14.1. The number of benzene rings is 11. The van der Waals surface area contributed by atoms with Gasteiger partial charge in [0.15, 0.2) is 0 Å². The molecule has 3 heterocycles. The Morgan fingerprint density at radius 3 is 1.00 bits per heavy atom. The van der Waals surface area contributed by atoms with Crippen molar-refractivity contribution >= 4 is 123 Å². The van der Waals surface area contributed by atoms with Crippen LogP contribution in [0.25, 0.3) is 82.5 Å². The highest BCUT2D eigenvalue weighted by Gasteiger charge is 2.27. The van der Waals surface area contributed by atoms with Crippen molar-refractivity contribution in [3.63, 3.8) is 0 Å². The Bertz CT molecular complexity index is 4160. The van der Waals surface area contributed by atoms with E-state index >= 15 is 0 Å². The minimum Gasteiger partial charge on any atom is -0.309 e. The van der Waals surface area contributed by atoms with Crippen LogP contribution in [0.1, 0.15) is 0 Å². The molecule has 73 heavy (non-hydrogen) atoms. The summed E-state index contributed by atoms with van der Waals surface area (Å²) < 4.78 is 7.21. The number of anilines is 6. The molecule has 5 nitrogen and oxygen atoms in total. The van der Waals surface area contributed by atoms with Crippen molar-refractivity contribution in [2.24, 2.45) is 0 Å². The molecule has 0 aliphatic carbocycles. The summed E-state index contributed by atoms with van der Waals surface area (Å²) in [6.45, 7) is 0. The van der Waals surface area contributed by atoms with Gasteiger partial charge in [0, 0.05) is 65.1 Å². The molecule has 11 aromatic carbocycles. The maximum absolute atomic E-state index is 7.07. The maximum Gasteiger partial charge on any atom is 0.0782 e. The van der Waals surface area contributed by atoms with Gasteiger partial charge in [-0.3, -0.25) is 0 Å². The highest BCUT2D eigenvalue weighted by Crippen LogP contribution is 2.49. The predicted octanol–water partition coefficient (Wildman–Crippen LogP) is 19.2. The Hall–Kier alpha value is -9.00. The minimum absolute atomic E-state index is 0.637. The molecule has 14 aromatic rings. The molecule has 0 aliphatic heterocycles. The highest BCUT2D eigenvalue weighted by atomic mass is 35.5. The standard InChI is InChI=1S/C66H43Cl2N5/c67-44-19-15-25-48(39-44)69(63-37-17-31-57-55-29-9-13-35-61(55)72(65(57)63)46-21-3-1-4-22-46)50-41-51(43-52(42-50)71-59-33-11-7-27-53(59)54-28-8-12-34-60(54)71)70(49-26-16-20-45(68)40-49)64-38-18-32-58-56-30-10-14-36-62(56)73(66(58)64)47-23-5-2-6-24-47/h1-43H. The van der Waals surface area contributed by atoms with E-state index in [9.17, 15) is 0 Å². The van der Waals surface area contributed by atoms with Crippen LogP contribution in [0.5, 0.6) is 0 Å². The quantitative estimate of drug-likeness (QED) is 0.144. The maximum atomic E-state index is 7.07. The lowest BCUT2D eigenvalue weighted by atomic mass is 10.1. The molecular weight excluding hydrogens is 934 g/mol. The molecule has 0 saturated heterocycles. The summed E-state index contributed by atoms with van der Waals surface area (Å²) in [5.74, 6) is 0. The summed E-state index contributed by atoms with van der Waals surface area (Å²) in [7, 11) is 0. The molecule has 14 rings (SSSR count). The van der Waals surface area contributed by atoms with Gasteiger partial charge in [0.2, 0.25) is 0 Å². The van der Waals surface area contributed by atoms with Crippen molar-refractivity contribution < 1.29 is 0 Å².